The van der Waals surface area contributed by atoms with Crippen molar-refractivity contribution in [2.24, 2.45) is 5.11 Å². The molecule has 0 aliphatic rings. The Morgan fingerprint density at radius 1 is 1.07 bits per heavy atom. The number of esters is 1. The van der Waals surface area contributed by atoms with E-state index in [2.05, 4.69) is 14.9 Å². The molecular formula is C23H30N4O2. The number of rotatable bonds is 11. The van der Waals surface area contributed by atoms with Gasteiger partial charge in [-0.1, -0.05) is 79.1 Å². The summed E-state index contributed by atoms with van der Waals surface area (Å²) in [6.45, 7) is 7.37. The van der Waals surface area contributed by atoms with Gasteiger partial charge in [0.1, 0.15) is 11.6 Å². The van der Waals surface area contributed by atoms with Crippen molar-refractivity contribution in [1.82, 2.24) is 4.90 Å². The highest BCUT2D eigenvalue weighted by atomic mass is 16.6. The topological polar surface area (TPSA) is 78.3 Å². The van der Waals surface area contributed by atoms with Crippen molar-refractivity contribution in [2.45, 2.75) is 58.3 Å². The van der Waals surface area contributed by atoms with Gasteiger partial charge in [0.15, 0.2) is 0 Å². The second kappa shape index (κ2) is 11.2. The van der Waals surface area contributed by atoms with Crippen LogP contribution < -0.4 is 0 Å². The number of carbonyl (C=O) groups excluding carboxylic acids is 1. The third kappa shape index (κ3) is 7.98. The van der Waals surface area contributed by atoms with E-state index in [0.717, 1.165) is 24.0 Å². The van der Waals surface area contributed by atoms with Crippen molar-refractivity contribution < 1.29 is 9.53 Å². The van der Waals surface area contributed by atoms with Crippen LogP contribution in [0, 0.1) is 0 Å². The molecule has 0 radical (unpaired) electrons. The molecule has 0 saturated carbocycles. The third-order valence-electron chi connectivity index (χ3n) is 4.62. The molecule has 0 amide bonds. The number of hydrogen-bond donors (Lipinski definition) is 0. The summed E-state index contributed by atoms with van der Waals surface area (Å²) in [5.74, 6) is -0.479. The summed E-state index contributed by atoms with van der Waals surface area (Å²) in [5, 5.41) is 3.76. The molecule has 1 atom stereocenters. The van der Waals surface area contributed by atoms with E-state index in [1.165, 1.54) is 0 Å². The van der Waals surface area contributed by atoms with Crippen LogP contribution in [-0.4, -0.2) is 29.1 Å². The van der Waals surface area contributed by atoms with Crippen molar-refractivity contribution in [2.75, 3.05) is 6.54 Å². The molecular weight excluding hydrogens is 364 g/mol. The molecule has 2 aromatic carbocycles. The normalized spacial score (nSPS) is 12.3. The maximum absolute atomic E-state index is 12.8. The zero-order valence-corrected chi connectivity index (χ0v) is 17.5. The highest BCUT2D eigenvalue weighted by molar-refractivity contribution is 5.76. The average Bonchev–Trinajstić information content (AvgIpc) is 2.68. The average molecular weight is 395 g/mol. The molecule has 2 aromatic rings. The van der Waals surface area contributed by atoms with Gasteiger partial charge in [0.05, 0.1) is 0 Å². The summed E-state index contributed by atoms with van der Waals surface area (Å²) in [4.78, 5) is 17.8. The van der Waals surface area contributed by atoms with Crippen LogP contribution in [0.2, 0.25) is 0 Å². The zero-order valence-electron chi connectivity index (χ0n) is 17.5. The quantitative estimate of drug-likeness (QED) is 0.219. The van der Waals surface area contributed by atoms with E-state index in [1.807, 2.05) is 81.4 Å². The summed E-state index contributed by atoms with van der Waals surface area (Å²) in [7, 11) is 0. The van der Waals surface area contributed by atoms with Crippen molar-refractivity contribution in [3.8, 4) is 0 Å². The minimum Gasteiger partial charge on any atom is -0.459 e. The van der Waals surface area contributed by atoms with Gasteiger partial charge >= 0.3 is 5.97 Å². The smallest absolute Gasteiger partial charge is 0.316 e. The minimum atomic E-state index is -0.899. The number of carbonyl (C=O) groups is 1. The molecule has 2 rings (SSSR count). The second-order valence-electron chi connectivity index (χ2n) is 7.79. The molecule has 154 valence electrons. The fourth-order valence-electron chi connectivity index (χ4n) is 3.33. The van der Waals surface area contributed by atoms with Crippen LogP contribution in [0.5, 0.6) is 0 Å². The Labute approximate surface area is 173 Å². The molecule has 0 unspecified atom stereocenters. The standard InChI is InChI=1S/C23H30N4O2/c1-4-15-23(2,3)29-22(28)21(25-26-24)18-27(16-19-11-7-5-8-12-19)17-20-13-9-6-10-14-20/h5-14,21H,4,15-18H2,1-3H3/t21-/m0/s1. The van der Waals surface area contributed by atoms with Gasteiger partial charge in [-0.2, -0.15) is 0 Å². The Balaban J connectivity index is 2.18. The van der Waals surface area contributed by atoms with Crippen molar-refractivity contribution in [3.05, 3.63) is 82.2 Å². The fourth-order valence-corrected chi connectivity index (χ4v) is 3.33. The predicted molar refractivity (Wildman–Crippen MR) is 115 cm³/mol. The van der Waals surface area contributed by atoms with E-state index < -0.39 is 17.6 Å². The van der Waals surface area contributed by atoms with E-state index in [4.69, 9.17) is 10.3 Å². The van der Waals surface area contributed by atoms with Crippen LogP contribution in [0.15, 0.2) is 65.8 Å². The van der Waals surface area contributed by atoms with Gasteiger partial charge in [-0.3, -0.25) is 9.69 Å². The SMILES string of the molecule is CCCC(C)(C)OC(=O)[C@H](CN(Cc1ccccc1)Cc1ccccc1)N=[N+]=[N-]. The first-order valence-corrected chi connectivity index (χ1v) is 10.0. The van der Waals surface area contributed by atoms with Crippen LogP contribution in [-0.2, 0) is 22.6 Å². The molecule has 0 saturated heterocycles. The number of benzene rings is 2. The van der Waals surface area contributed by atoms with Crippen LogP contribution >= 0.6 is 0 Å². The predicted octanol–water partition coefficient (Wildman–Crippen LogP) is 5.49. The van der Waals surface area contributed by atoms with Crippen LogP contribution in [0.4, 0.5) is 0 Å². The molecule has 0 fully saturated rings. The summed E-state index contributed by atoms with van der Waals surface area (Å²) < 4.78 is 5.66. The van der Waals surface area contributed by atoms with Gasteiger partial charge in [-0.05, 0) is 36.9 Å². The van der Waals surface area contributed by atoms with Crippen LogP contribution in [0.25, 0.3) is 10.4 Å². The summed E-state index contributed by atoms with van der Waals surface area (Å²) in [6.07, 6.45) is 1.65. The Hall–Kier alpha value is -2.82. The molecule has 0 bridgehead atoms. The van der Waals surface area contributed by atoms with Crippen LogP contribution in [0.3, 0.4) is 0 Å². The van der Waals surface area contributed by atoms with Crippen LogP contribution in [0.1, 0.15) is 44.7 Å². The van der Waals surface area contributed by atoms with Crippen molar-refractivity contribution in [1.29, 1.82) is 0 Å². The van der Waals surface area contributed by atoms with E-state index in [1.54, 1.807) is 0 Å². The number of azide groups is 1. The molecule has 0 spiro atoms. The number of ether oxygens (including phenoxy) is 1. The van der Waals surface area contributed by atoms with Gasteiger partial charge in [-0.15, -0.1) is 0 Å². The molecule has 0 heterocycles. The minimum absolute atomic E-state index is 0.287. The molecule has 0 aliphatic carbocycles. The van der Waals surface area contributed by atoms with E-state index in [-0.39, 0.29) is 6.54 Å². The first kappa shape index (κ1) is 22.5. The maximum Gasteiger partial charge on any atom is 0.316 e. The molecule has 6 nitrogen and oxygen atoms in total. The number of nitrogens with zero attached hydrogens (tertiary/aromatic N) is 4. The lowest BCUT2D eigenvalue weighted by atomic mass is 10.0. The molecule has 6 heteroatoms. The van der Waals surface area contributed by atoms with E-state index >= 15 is 0 Å². The Kier molecular flexibility index (Phi) is 8.71. The second-order valence-corrected chi connectivity index (χ2v) is 7.79. The molecule has 0 N–H and O–H groups in total. The third-order valence-corrected chi connectivity index (χ3v) is 4.62. The Morgan fingerprint density at radius 2 is 1.59 bits per heavy atom. The first-order chi connectivity index (χ1) is 13.9. The van der Waals surface area contributed by atoms with E-state index in [9.17, 15) is 4.79 Å². The fraction of sp³-hybridized carbons (Fsp3) is 0.435. The Morgan fingerprint density at radius 3 is 2.03 bits per heavy atom. The maximum atomic E-state index is 12.8. The highest BCUT2D eigenvalue weighted by Crippen LogP contribution is 2.19. The van der Waals surface area contributed by atoms with Gasteiger partial charge in [0.25, 0.3) is 0 Å². The lowest BCUT2D eigenvalue weighted by Crippen LogP contribution is -2.39. The monoisotopic (exact) mass is 394 g/mol. The first-order valence-electron chi connectivity index (χ1n) is 10.0. The lowest BCUT2D eigenvalue weighted by Gasteiger charge is -2.29. The molecule has 0 aliphatic heterocycles. The highest BCUT2D eigenvalue weighted by Gasteiger charge is 2.28. The summed E-state index contributed by atoms with van der Waals surface area (Å²) in [5.41, 5.74) is 10.7. The van der Waals surface area contributed by atoms with Gasteiger partial charge in [0.2, 0.25) is 0 Å². The van der Waals surface area contributed by atoms with Gasteiger partial charge < -0.3 is 4.74 Å². The summed E-state index contributed by atoms with van der Waals surface area (Å²) >= 11 is 0. The summed E-state index contributed by atoms with van der Waals surface area (Å²) in [6, 6.07) is 19.2. The lowest BCUT2D eigenvalue weighted by molar-refractivity contribution is -0.159. The largest absolute Gasteiger partial charge is 0.459 e. The van der Waals surface area contributed by atoms with Gasteiger partial charge in [0, 0.05) is 24.5 Å². The van der Waals surface area contributed by atoms with Crippen molar-refractivity contribution >= 4 is 5.97 Å². The molecule has 0 aromatic heterocycles. The zero-order chi connectivity index (χ0) is 21.1. The number of hydrogen-bond acceptors (Lipinski definition) is 4. The Bertz CT molecular complexity index is 761. The van der Waals surface area contributed by atoms with Gasteiger partial charge in [-0.25, -0.2) is 0 Å². The van der Waals surface area contributed by atoms with E-state index in [0.29, 0.717) is 13.1 Å². The molecule has 29 heavy (non-hydrogen) atoms. The van der Waals surface area contributed by atoms with Crippen molar-refractivity contribution in [3.63, 3.8) is 0 Å².